The molecule has 1 spiro atoms. The quantitative estimate of drug-likeness (QED) is 0.0465. The van der Waals surface area contributed by atoms with Crippen LogP contribution in [0.25, 0.3) is 11.0 Å². The molecule has 1 amide bonds. The number of nitrogens with one attached hydrogen (secondary N) is 3. The van der Waals surface area contributed by atoms with Gasteiger partial charge in [0, 0.05) is 94.4 Å². The normalized spacial score (nSPS) is 21.8. The van der Waals surface area contributed by atoms with Gasteiger partial charge < -0.3 is 34.5 Å². The number of hydrogen-bond donors (Lipinski definition) is 4. The van der Waals surface area contributed by atoms with Crippen molar-refractivity contribution in [2.45, 2.75) is 108 Å². The maximum absolute atomic E-state index is 15.0. The molecule has 414 valence electrons. The number of methoxy groups -OCH3 is 1. The Balaban J connectivity index is 0.862. The number of sulfonamides is 1. The lowest BCUT2D eigenvalue weighted by molar-refractivity contribution is -0.384. The SMILES string of the molecule is CCOc1nc2[nH]cc(F)c2cc1Oc1cc(N2CCC3(CC2)CN(C2CCN(Cc4ccc(OC)cc4)CC2c2ccccc2C(C)C)C3)ccc1C(=O)NS(=O)(=O)c1cnc(NCC2CCC(C)(O)CC2)c([N+](=O)[O-])c1. The third kappa shape index (κ3) is 11.8. The minimum Gasteiger partial charge on any atom is -0.497 e. The molecule has 4 fully saturated rings. The number of likely N-dealkylation sites (tertiary alicyclic amines) is 2. The number of aromatic nitrogens is 3. The van der Waals surface area contributed by atoms with Gasteiger partial charge >= 0.3 is 5.69 Å². The number of H-pyrrole nitrogens is 1. The molecule has 3 aromatic heterocycles. The highest BCUT2D eigenvalue weighted by Crippen LogP contribution is 2.47. The highest BCUT2D eigenvalue weighted by molar-refractivity contribution is 7.90. The van der Waals surface area contributed by atoms with Crippen LogP contribution in [0.1, 0.15) is 112 Å². The van der Waals surface area contributed by atoms with Gasteiger partial charge in [0.2, 0.25) is 5.82 Å². The van der Waals surface area contributed by atoms with Gasteiger partial charge in [-0.2, -0.15) is 4.98 Å². The van der Waals surface area contributed by atoms with Crippen LogP contribution in [0.15, 0.2) is 96.2 Å². The fourth-order valence-electron chi connectivity index (χ4n) is 12.1. The second-order valence-electron chi connectivity index (χ2n) is 22.3. The average Bonchev–Trinajstić information content (AvgIpc) is 3.86. The van der Waals surface area contributed by atoms with Gasteiger partial charge in [0.05, 0.1) is 41.4 Å². The van der Waals surface area contributed by atoms with Crippen LogP contribution >= 0.6 is 0 Å². The summed E-state index contributed by atoms with van der Waals surface area (Å²) in [5.74, 6) is -0.0863. The molecule has 20 heteroatoms. The zero-order valence-corrected chi connectivity index (χ0v) is 45.8. The number of aromatic amines is 1. The number of pyridine rings is 2. The highest BCUT2D eigenvalue weighted by Gasteiger charge is 2.49. The number of carbonyl (C=O) groups is 1. The van der Waals surface area contributed by atoms with Gasteiger partial charge in [-0.05, 0) is 117 Å². The zero-order chi connectivity index (χ0) is 54.9. The van der Waals surface area contributed by atoms with Crippen LogP contribution in [0.3, 0.4) is 0 Å². The number of aliphatic hydroxyl groups is 1. The lowest BCUT2D eigenvalue weighted by Gasteiger charge is -2.59. The van der Waals surface area contributed by atoms with Gasteiger partial charge in [0.25, 0.3) is 21.8 Å². The Morgan fingerprint density at radius 3 is 2.44 bits per heavy atom. The van der Waals surface area contributed by atoms with E-state index in [9.17, 15) is 28.4 Å². The maximum atomic E-state index is 15.0. The van der Waals surface area contributed by atoms with Crippen molar-refractivity contribution in [1.29, 1.82) is 0 Å². The summed E-state index contributed by atoms with van der Waals surface area (Å²) in [6.07, 6.45) is 7.66. The summed E-state index contributed by atoms with van der Waals surface area (Å²) in [4.78, 5) is 44.1. The van der Waals surface area contributed by atoms with Crippen LogP contribution in [0.5, 0.6) is 23.1 Å². The second kappa shape index (κ2) is 22.5. The number of ether oxygens (including phenoxy) is 3. The summed E-state index contributed by atoms with van der Waals surface area (Å²) < 4.78 is 62.6. The Hall–Kier alpha value is -6.87. The van der Waals surface area contributed by atoms with E-state index >= 15 is 4.39 Å². The van der Waals surface area contributed by atoms with Crippen LogP contribution in [0.4, 0.5) is 21.6 Å². The molecular weight excluding hydrogens is 1020 g/mol. The molecule has 3 saturated heterocycles. The first-order valence-corrected chi connectivity index (χ1v) is 28.6. The molecule has 3 aromatic carbocycles. The molecule has 1 saturated carbocycles. The first-order valence-electron chi connectivity index (χ1n) is 27.1. The summed E-state index contributed by atoms with van der Waals surface area (Å²) in [6, 6.07) is 24.9. The van der Waals surface area contributed by atoms with E-state index in [1.807, 2.05) is 12.1 Å². The molecule has 2 atom stereocenters. The molecule has 10 rings (SSSR count). The Kier molecular flexibility index (Phi) is 15.7. The standard InChI is InChI=1S/C58H70FN9O9S/c1-6-76-56-52(29-46-48(59)32-62-53(46)63-56)77-51-27-40(13-16-45(51)55(69)64-78(73,74)42-28-50(68(71)72)54(61-31-42)60-30-38-17-20-57(4,70)21-18-38)66-25-22-58(23-26-66)35-67(36-58)49-19-24-65(33-39-11-14-41(75-5)15-12-39)34-47(49)44-10-8-7-9-43(44)37(2)3/h7-16,27-29,31-32,37-38,47,49,70H,6,17-26,30,33-36H2,1-5H3,(H,60,61)(H,62,63)(H,64,69). The van der Waals surface area contributed by atoms with Gasteiger partial charge in [-0.1, -0.05) is 50.2 Å². The number of hydrogen-bond acceptors (Lipinski definition) is 15. The molecular formula is C58H70FN9O9S. The Labute approximate surface area is 454 Å². The molecule has 2 unspecified atom stereocenters. The first-order chi connectivity index (χ1) is 37.4. The number of benzene rings is 3. The van der Waals surface area contributed by atoms with E-state index in [1.54, 1.807) is 33.1 Å². The van der Waals surface area contributed by atoms with Gasteiger partial charge in [-0.3, -0.25) is 24.7 Å². The summed E-state index contributed by atoms with van der Waals surface area (Å²) in [7, 11) is -3.06. The molecule has 4 N–H and O–H groups in total. The van der Waals surface area contributed by atoms with Crippen LogP contribution in [0.2, 0.25) is 0 Å². The van der Waals surface area contributed by atoms with E-state index in [4.69, 9.17) is 14.2 Å². The van der Waals surface area contributed by atoms with Crippen LogP contribution in [-0.4, -0.2) is 120 Å². The van der Waals surface area contributed by atoms with Crippen molar-refractivity contribution in [2.24, 2.45) is 11.3 Å². The maximum Gasteiger partial charge on any atom is 0.312 e. The Morgan fingerprint density at radius 2 is 1.73 bits per heavy atom. The van der Waals surface area contributed by atoms with Crippen molar-refractivity contribution in [3.8, 4) is 23.1 Å². The number of nitro groups is 1. The number of nitrogens with zero attached hydrogens (tertiary/aromatic N) is 6. The van der Waals surface area contributed by atoms with Gasteiger partial charge in [-0.15, -0.1) is 0 Å². The lowest BCUT2D eigenvalue weighted by atomic mass is 9.69. The molecule has 0 radical (unpaired) electrons. The minimum absolute atomic E-state index is 0.00790. The van der Waals surface area contributed by atoms with Crippen molar-refractivity contribution in [2.75, 3.05) is 69.7 Å². The number of piperidine rings is 2. The molecule has 1 aliphatic carbocycles. The molecule has 0 bridgehead atoms. The summed E-state index contributed by atoms with van der Waals surface area (Å²) >= 11 is 0. The van der Waals surface area contributed by atoms with Crippen LogP contribution in [-0.2, 0) is 16.6 Å². The van der Waals surface area contributed by atoms with Crippen molar-refractivity contribution in [3.05, 3.63) is 129 Å². The van der Waals surface area contributed by atoms with E-state index in [-0.39, 0.29) is 57.7 Å². The fourth-order valence-corrected chi connectivity index (χ4v) is 13.0. The summed E-state index contributed by atoms with van der Waals surface area (Å²) in [5.41, 5.74) is 3.68. The van der Waals surface area contributed by atoms with Crippen molar-refractivity contribution >= 4 is 44.2 Å². The van der Waals surface area contributed by atoms with Crippen molar-refractivity contribution in [3.63, 3.8) is 0 Å². The van der Waals surface area contributed by atoms with Crippen LogP contribution < -0.4 is 29.1 Å². The number of carbonyl (C=O) groups excluding carboxylic acids is 1. The Morgan fingerprint density at radius 1 is 0.987 bits per heavy atom. The van der Waals surface area contributed by atoms with E-state index in [1.165, 1.54) is 28.8 Å². The monoisotopic (exact) mass is 1090 g/mol. The number of rotatable bonds is 18. The third-order valence-corrected chi connectivity index (χ3v) is 17.9. The number of amides is 1. The molecule has 4 aliphatic rings. The van der Waals surface area contributed by atoms with E-state index < -0.39 is 42.9 Å². The van der Waals surface area contributed by atoms with Crippen molar-refractivity contribution in [1.82, 2.24) is 29.5 Å². The molecule has 6 aromatic rings. The van der Waals surface area contributed by atoms with Gasteiger partial charge in [0.15, 0.2) is 5.75 Å². The largest absolute Gasteiger partial charge is 0.497 e. The van der Waals surface area contributed by atoms with E-state index in [0.29, 0.717) is 50.1 Å². The zero-order valence-electron chi connectivity index (χ0n) is 45.0. The predicted molar refractivity (Wildman–Crippen MR) is 296 cm³/mol. The highest BCUT2D eigenvalue weighted by atomic mass is 32.2. The van der Waals surface area contributed by atoms with Gasteiger partial charge in [0.1, 0.15) is 27.9 Å². The first kappa shape index (κ1) is 54.5. The summed E-state index contributed by atoms with van der Waals surface area (Å²) in [5, 5.41) is 25.7. The minimum atomic E-state index is -4.75. The predicted octanol–water partition coefficient (Wildman–Crippen LogP) is 9.76. The number of halogens is 1. The number of fused-ring (bicyclic) bond motifs is 1. The number of anilines is 2. The fraction of sp³-hybridized carbons (Fsp3) is 0.466. The van der Waals surface area contributed by atoms with Gasteiger partial charge in [-0.25, -0.2) is 22.5 Å². The van der Waals surface area contributed by atoms with Crippen LogP contribution in [0, 0.1) is 27.3 Å². The Bertz CT molecular complexity index is 3260. The summed E-state index contributed by atoms with van der Waals surface area (Å²) in [6.45, 7) is 14.9. The lowest BCUT2D eigenvalue weighted by Crippen LogP contribution is -2.65. The third-order valence-electron chi connectivity index (χ3n) is 16.6. The molecule has 6 heterocycles. The topological polar surface area (TPSA) is 218 Å². The van der Waals surface area contributed by atoms with Crippen molar-refractivity contribution < 1.29 is 41.8 Å². The molecule has 78 heavy (non-hydrogen) atoms. The second-order valence-corrected chi connectivity index (χ2v) is 24.0. The van der Waals surface area contributed by atoms with E-state index in [2.05, 4.69) is 89.9 Å². The van der Waals surface area contributed by atoms with E-state index in [0.717, 1.165) is 95.0 Å². The average molecular weight is 1090 g/mol. The molecule has 18 nitrogen and oxygen atoms in total. The molecule has 3 aliphatic heterocycles. The smallest absolute Gasteiger partial charge is 0.312 e.